The molecule has 0 aliphatic rings. The van der Waals surface area contributed by atoms with Crippen molar-refractivity contribution in [2.24, 2.45) is 11.7 Å². The van der Waals surface area contributed by atoms with E-state index < -0.39 is 0 Å². The Morgan fingerprint density at radius 3 is 2.93 bits per heavy atom. The van der Waals surface area contributed by atoms with Crippen LogP contribution in [-0.2, 0) is 0 Å². The summed E-state index contributed by atoms with van der Waals surface area (Å²) in [5, 5.41) is 3.32. The molecule has 1 aromatic heterocycles. The summed E-state index contributed by atoms with van der Waals surface area (Å²) in [7, 11) is 0. The van der Waals surface area contributed by atoms with E-state index in [4.69, 9.17) is 18.0 Å². The quantitative estimate of drug-likeness (QED) is 0.751. The molecule has 0 atom stereocenters. The Labute approximate surface area is 96.1 Å². The molecular weight excluding hydrogens is 206 g/mol. The highest BCUT2D eigenvalue weighted by molar-refractivity contribution is 7.80. The second-order valence-electron chi connectivity index (χ2n) is 3.90. The van der Waals surface area contributed by atoms with Crippen molar-refractivity contribution in [2.45, 2.75) is 20.3 Å². The Morgan fingerprint density at radius 1 is 1.60 bits per heavy atom. The van der Waals surface area contributed by atoms with Crippen molar-refractivity contribution in [1.29, 1.82) is 0 Å². The zero-order valence-electron chi connectivity index (χ0n) is 9.16. The van der Waals surface area contributed by atoms with Crippen LogP contribution < -0.4 is 11.1 Å². The fourth-order valence-electron chi connectivity index (χ4n) is 1.18. The van der Waals surface area contributed by atoms with E-state index in [-0.39, 0.29) is 0 Å². The molecule has 4 heteroatoms. The molecule has 0 amide bonds. The Morgan fingerprint density at radius 2 is 2.33 bits per heavy atom. The molecule has 0 radical (unpaired) electrons. The highest BCUT2D eigenvalue weighted by Gasteiger charge is 1.99. The monoisotopic (exact) mass is 223 g/mol. The van der Waals surface area contributed by atoms with Crippen molar-refractivity contribution in [2.75, 3.05) is 11.9 Å². The van der Waals surface area contributed by atoms with Crippen molar-refractivity contribution in [3.8, 4) is 0 Å². The van der Waals surface area contributed by atoms with Crippen molar-refractivity contribution in [1.82, 2.24) is 4.98 Å². The van der Waals surface area contributed by atoms with Crippen LogP contribution in [0.4, 0.5) is 5.69 Å². The average molecular weight is 223 g/mol. The third kappa shape index (κ3) is 4.25. The van der Waals surface area contributed by atoms with E-state index in [1.165, 1.54) is 0 Å². The molecule has 3 nitrogen and oxygen atoms in total. The maximum Gasteiger partial charge on any atom is 0.122 e. The smallest absolute Gasteiger partial charge is 0.122 e. The number of anilines is 1. The Balaban J connectivity index is 2.54. The van der Waals surface area contributed by atoms with E-state index in [1.54, 1.807) is 6.20 Å². The van der Waals surface area contributed by atoms with Gasteiger partial charge in [-0.15, -0.1) is 0 Å². The molecule has 0 aromatic carbocycles. The maximum atomic E-state index is 5.50. The molecule has 0 saturated heterocycles. The summed E-state index contributed by atoms with van der Waals surface area (Å²) in [5.41, 5.74) is 7.19. The predicted molar refractivity (Wildman–Crippen MR) is 68.1 cm³/mol. The van der Waals surface area contributed by atoms with Crippen LogP contribution in [-0.4, -0.2) is 16.5 Å². The fraction of sp³-hybridized carbons (Fsp3) is 0.455. The summed E-state index contributed by atoms with van der Waals surface area (Å²) in [6.45, 7) is 5.36. The molecule has 0 aliphatic carbocycles. The highest BCUT2D eigenvalue weighted by Crippen LogP contribution is 2.09. The Kier molecular flexibility index (Phi) is 4.49. The van der Waals surface area contributed by atoms with Gasteiger partial charge in [0, 0.05) is 18.4 Å². The third-order valence-electron chi connectivity index (χ3n) is 2.06. The maximum absolute atomic E-state index is 5.50. The van der Waals surface area contributed by atoms with E-state index in [0.29, 0.717) is 16.6 Å². The van der Waals surface area contributed by atoms with E-state index in [9.17, 15) is 0 Å². The average Bonchev–Trinajstić information content (AvgIpc) is 2.17. The summed E-state index contributed by atoms with van der Waals surface area (Å²) in [6.07, 6.45) is 2.86. The van der Waals surface area contributed by atoms with Gasteiger partial charge >= 0.3 is 0 Å². The van der Waals surface area contributed by atoms with Gasteiger partial charge < -0.3 is 11.1 Å². The summed E-state index contributed by atoms with van der Waals surface area (Å²) in [4.78, 5) is 4.41. The lowest BCUT2D eigenvalue weighted by atomic mass is 10.1. The number of pyridine rings is 1. The minimum atomic E-state index is 0.336. The molecule has 1 rings (SSSR count). The molecule has 1 heterocycles. The summed E-state index contributed by atoms with van der Waals surface area (Å²) in [5.74, 6) is 0.703. The van der Waals surface area contributed by atoms with Crippen molar-refractivity contribution < 1.29 is 0 Å². The van der Waals surface area contributed by atoms with Gasteiger partial charge in [-0.3, -0.25) is 4.98 Å². The van der Waals surface area contributed by atoms with Crippen molar-refractivity contribution in [3.63, 3.8) is 0 Å². The van der Waals surface area contributed by atoms with Crippen LogP contribution in [0, 0.1) is 5.92 Å². The van der Waals surface area contributed by atoms with Crippen LogP contribution in [0.3, 0.4) is 0 Å². The lowest BCUT2D eigenvalue weighted by Gasteiger charge is -2.08. The standard InChI is InChI=1S/C11H17N3S/c1-8(2)3-5-13-9-4-6-14-10(7-9)11(12)15/h4,6-8H,3,5H2,1-2H3,(H2,12,15)(H,13,14). The molecule has 15 heavy (non-hydrogen) atoms. The minimum Gasteiger partial charge on any atom is -0.388 e. The Bertz CT molecular complexity index is 336. The fourth-order valence-corrected chi connectivity index (χ4v) is 1.29. The van der Waals surface area contributed by atoms with Gasteiger partial charge in [-0.2, -0.15) is 0 Å². The lowest BCUT2D eigenvalue weighted by Crippen LogP contribution is -2.12. The van der Waals surface area contributed by atoms with Gasteiger partial charge in [0.25, 0.3) is 0 Å². The highest BCUT2D eigenvalue weighted by atomic mass is 32.1. The normalized spacial score (nSPS) is 10.3. The molecule has 0 saturated carbocycles. The number of thiocarbonyl (C=S) groups is 1. The first-order valence-electron chi connectivity index (χ1n) is 5.09. The van der Waals surface area contributed by atoms with E-state index in [2.05, 4.69) is 24.1 Å². The van der Waals surface area contributed by atoms with Gasteiger partial charge in [0.2, 0.25) is 0 Å². The molecule has 0 aliphatic heterocycles. The molecule has 82 valence electrons. The van der Waals surface area contributed by atoms with Gasteiger partial charge in [0.05, 0.1) is 5.69 Å². The summed E-state index contributed by atoms with van der Waals surface area (Å²) >= 11 is 4.86. The second kappa shape index (κ2) is 5.66. The van der Waals surface area contributed by atoms with Crippen LogP contribution in [0.1, 0.15) is 26.0 Å². The number of nitrogens with two attached hydrogens (primary N) is 1. The number of hydrogen-bond donors (Lipinski definition) is 2. The van der Waals surface area contributed by atoms with Gasteiger partial charge in [0.15, 0.2) is 0 Å². The zero-order chi connectivity index (χ0) is 11.3. The number of hydrogen-bond acceptors (Lipinski definition) is 3. The zero-order valence-corrected chi connectivity index (χ0v) is 9.97. The first-order chi connectivity index (χ1) is 7.09. The molecule has 0 bridgehead atoms. The first-order valence-corrected chi connectivity index (χ1v) is 5.50. The van der Waals surface area contributed by atoms with Crippen LogP contribution in [0.5, 0.6) is 0 Å². The number of rotatable bonds is 5. The van der Waals surface area contributed by atoms with Crippen LogP contribution in [0.2, 0.25) is 0 Å². The minimum absolute atomic E-state index is 0.336. The van der Waals surface area contributed by atoms with Gasteiger partial charge in [0.1, 0.15) is 4.99 Å². The summed E-state index contributed by atoms with van der Waals surface area (Å²) < 4.78 is 0. The Hall–Kier alpha value is -1.16. The molecule has 3 N–H and O–H groups in total. The summed E-state index contributed by atoms with van der Waals surface area (Å²) in [6, 6.07) is 3.80. The van der Waals surface area contributed by atoms with Gasteiger partial charge in [-0.05, 0) is 24.5 Å². The van der Waals surface area contributed by atoms with E-state index in [0.717, 1.165) is 18.7 Å². The van der Waals surface area contributed by atoms with Crippen LogP contribution in [0.15, 0.2) is 18.3 Å². The molecular formula is C11H17N3S. The second-order valence-corrected chi connectivity index (χ2v) is 4.34. The number of nitrogens with one attached hydrogen (secondary N) is 1. The van der Waals surface area contributed by atoms with Crippen molar-refractivity contribution in [3.05, 3.63) is 24.0 Å². The third-order valence-corrected chi connectivity index (χ3v) is 2.27. The topological polar surface area (TPSA) is 50.9 Å². The van der Waals surface area contributed by atoms with Gasteiger partial charge in [-0.1, -0.05) is 26.1 Å². The van der Waals surface area contributed by atoms with Crippen LogP contribution >= 0.6 is 12.2 Å². The number of nitrogens with zero attached hydrogens (tertiary/aromatic N) is 1. The van der Waals surface area contributed by atoms with Crippen molar-refractivity contribution >= 4 is 22.9 Å². The lowest BCUT2D eigenvalue weighted by molar-refractivity contribution is 0.607. The van der Waals surface area contributed by atoms with Crippen LogP contribution in [0.25, 0.3) is 0 Å². The molecule has 1 aromatic rings. The molecule has 0 unspecified atom stereocenters. The predicted octanol–water partition coefficient (Wildman–Crippen LogP) is 2.17. The largest absolute Gasteiger partial charge is 0.388 e. The molecule has 0 spiro atoms. The van der Waals surface area contributed by atoms with E-state index in [1.807, 2.05) is 12.1 Å². The SMILES string of the molecule is CC(C)CCNc1ccnc(C(N)=S)c1. The molecule has 0 fully saturated rings. The first kappa shape index (κ1) is 11.9. The number of aromatic nitrogens is 1. The van der Waals surface area contributed by atoms with Gasteiger partial charge in [-0.25, -0.2) is 0 Å². The van der Waals surface area contributed by atoms with E-state index >= 15 is 0 Å².